The summed E-state index contributed by atoms with van der Waals surface area (Å²) in [6, 6.07) is 21.9. The molecular weight excluding hydrogens is 546 g/mol. The van der Waals surface area contributed by atoms with Crippen molar-refractivity contribution in [2.75, 3.05) is 13.1 Å². The van der Waals surface area contributed by atoms with Crippen LogP contribution >= 0.6 is 11.8 Å². The molecule has 2 aliphatic rings. The minimum absolute atomic E-state index is 0.0841. The number of hydrogen-bond acceptors (Lipinski definition) is 6. The Hall–Kier alpha value is -3.40. The van der Waals surface area contributed by atoms with Crippen LogP contribution in [0.15, 0.2) is 71.6 Å². The minimum Gasteiger partial charge on any atom is -0.343 e. The van der Waals surface area contributed by atoms with Crippen LogP contribution in [-0.2, 0) is 20.8 Å². The van der Waals surface area contributed by atoms with Crippen molar-refractivity contribution in [3.05, 3.63) is 77.9 Å². The largest absolute Gasteiger partial charge is 0.343 e. The van der Waals surface area contributed by atoms with Crippen molar-refractivity contribution in [2.45, 2.75) is 79.8 Å². The van der Waals surface area contributed by atoms with Crippen molar-refractivity contribution in [1.82, 2.24) is 21.3 Å². The van der Waals surface area contributed by atoms with Gasteiger partial charge in [0.05, 0.1) is 5.54 Å². The van der Waals surface area contributed by atoms with Gasteiger partial charge in [-0.3, -0.25) is 14.4 Å². The number of amides is 3. The Bertz CT molecular complexity index is 1440. The van der Waals surface area contributed by atoms with E-state index in [1.807, 2.05) is 24.3 Å². The highest BCUT2D eigenvalue weighted by Gasteiger charge is 2.40. The summed E-state index contributed by atoms with van der Waals surface area (Å²) in [6.07, 6.45) is 2.03. The zero-order chi connectivity index (χ0) is 29.7. The van der Waals surface area contributed by atoms with Crippen molar-refractivity contribution < 1.29 is 14.4 Å². The van der Waals surface area contributed by atoms with Crippen molar-refractivity contribution >= 4 is 40.3 Å². The predicted octanol–water partition coefficient (Wildman–Crippen LogP) is 3.58. The van der Waals surface area contributed by atoms with E-state index in [9.17, 15) is 14.4 Å². The van der Waals surface area contributed by atoms with E-state index >= 15 is 0 Å². The molecule has 42 heavy (non-hydrogen) atoms. The van der Waals surface area contributed by atoms with Gasteiger partial charge in [-0.05, 0) is 79.1 Å². The number of thioether (sulfide) groups is 1. The Morgan fingerprint density at radius 1 is 0.976 bits per heavy atom. The monoisotopic (exact) mass is 587 g/mol. The molecule has 3 aromatic carbocycles. The molecule has 2 aliphatic heterocycles. The lowest BCUT2D eigenvalue weighted by Gasteiger charge is -2.34. The average molecular weight is 588 g/mol. The second-order valence-electron chi connectivity index (χ2n) is 11.6. The lowest BCUT2D eigenvalue weighted by molar-refractivity contribution is -0.133. The molecule has 5 rings (SSSR count). The number of nitrogens with one attached hydrogen (secondary N) is 4. The van der Waals surface area contributed by atoms with Crippen molar-refractivity contribution in [1.29, 1.82) is 0 Å². The molecule has 3 aromatic rings. The lowest BCUT2D eigenvalue weighted by atomic mass is 9.86. The number of hydrogen-bond donors (Lipinski definition) is 5. The van der Waals surface area contributed by atoms with Gasteiger partial charge in [0.15, 0.2) is 0 Å². The highest BCUT2D eigenvalue weighted by molar-refractivity contribution is 8.00. The van der Waals surface area contributed by atoms with Crippen molar-refractivity contribution in [3.8, 4) is 0 Å². The van der Waals surface area contributed by atoms with Crippen LogP contribution in [0.25, 0.3) is 10.8 Å². The van der Waals surface area contributed by atoms with Gasteiger partial charge in [0, 0.05) is 17.1 Å². The molecule has 0 spiro atoms. The van der Waals surface area contributed by atoms with Crippen molar-refractivity contribution in [3.63, 3.8) is 0 Å². The zero-order valence-corrected chi connectivity index (χ0v) is 25.1. The number of carbonyl (C=O) groups is 3. The molecule has 1 fully saturated rings. The van der Waals surface area contributed by atoms with Gasteiger partial charge < -0.3 is 27.0 Å². The maximum absolute atomic E-state index is 13.9. The number of carbonyl (C=O) groups excluding carboxylic acids is 3. The molecule has 0 bridgehead atoms. The van der Waals surface area contributed by atoms with Gasteiger partial charge in [0.25, 0.3) is 0 Å². The van der Waals surface area contributed by atoms with Gasteiger partial charge in [-0.25, -0.2) is 0 Å². The SMILES string of the molecule is CC(=O)NC(CCc1ccc2ccccc2c1)NC(=O)[C@@H](CC1c2ccccc2SC1C)NC(=O)C1(N)CCNCC1. The first kappa shape index (κ1) is 30.1. The normalized spacial score (nSPS) is 20.7. The smallest absolute Gasteiger partial charge is 0.244 e. The lowest BCUT2D eigenvalue weighted by Crippen LogP contribution is -2.63. The van der Waals surface area contributed by atoms with Crippen LogP contribution in [0.1, 0.15) is 56.6 Å². The quantitative estimate of drug-likeness (QED) is 0.231. The average Bonchev–Trinajstić information content (AvgIpc) is 3.30. The van der Waals surface area contributed by atoms with Crippen LogP contribution in [0.4, 0.5) is 0 Å². The Morgan fingerprint density at radius 3 is 2.45 bits per heavy atom. The summed E-state index contributed by atoms with van der Waals surface area (Å²) in [5.74, 6) is -0.770. The summed E-state index contributed by atoms with van der Waals surface area (Å²) in [4.78, 5) is 40.7. The fraction of sp³-hybridized carbons (Fsp3) is 0.424. The van der Waals surface area contributed by atoms with E-state index in [4.69, 9.17) is 5.73 Å². The van der Waals surface area contributed by atoms with Gasteiger partial charge in [-0.2, -0.15) is 0 Å². The molecule has 3 amide bonds. The summed E-state index contributed by atoms with van der Waals surface area (Å²) >= 11 is 1.79. The molecule has 6 N–H and O–H groups in total. The topological polar surface area (TPSA) is 125 Å². The first-order valence-electron chi connectivity index (χ1n) is 14.8. The first-order valence-corrected chi connectivity index (χ1v) is 15.7. The molecule has 0 aromatic heterocycles. The van der Waals surface area contributed by atoms with Crippen LogP contribution in [0, 0.1) is 0 Å². The molecule has 3 unspecified atom stereocenters. The van der Waals surface area contributed by atoms with Gasteiger partial charge in [-0.1, -0.05) is 67.6 Å². The van der Waals surface area contributed by atoms with E-state index in [1.165, 1.54) is 22.8 Å². The highest BCUT2D eigenvalue weighted by Crippen LogP contribution is 2.47. The molecule has 9 heteroatoms. The molecular formula is C33H41N5O3S. The number of nitrogens with two attached hydrogens (primary N) is 1. The number of benzene rings is 3. The van der Waals surface area contributed by atoms with E-state index < -0.39 is 17.7 Å². The summed E-state index contributed by atoms with van der Waals surface area (Å²) in [6.45, 7) is 4.92. The Kier molecular flexibility index (Phi) is 9.50. The van der Waals surface area contributed by atoms with E-state index in [0.717, 1.165) is 10.9 Å². The Balaban J connectivity index is 1.33. The first-order chi connectivity index (χ1) is 20.2. The molecule has 0 radical (unpaired) electrons. The van der Waals surface area contributed by atoms with Crippen molar-refractivity contribution in [2.24, 2.45) is 5.73 Å². The molecule has 2 heterocycles. The highest BCUT2D eigenvalue weighted by atomic mass is 32.2. The molecule has 8 nitrogen and oxygen atoms in total. The summed E-state index contributed by atoms with van der Waals surface area (Å²) in [5.41, 5.74) is 7.83. The van der Waals surface area contributed by atoms with Gasteiger partial charge in [-0.15, -0.1) is 11.8 Å². The molecule has 0 saturated carbocycles. The summed E-state index contributed by atoms with van der Waals surface area (Å²) in [5, 5.41) is 14.8. The molecule has 1 saturated heterocycles. The minimum atomic E-state index is -1.02. The van der Waals surface area contributed by atoms with Crippen LogP contribution < -0.4 is 27.0 Å². The Labute approximate surface area is 252 Å². The standard InChI is InChI=1S/C33H41N5O3S/c1-21-27(26-9-5-6-10-29(26)42-21)20-28(37-32(41)33(34)15-17-35-18-16-33)31(40)38-30(36-22(2)39)14-12-23-11-13-24-7-3-4-8-25(24)19-23/h3-11,13,19,21,27-28,30,35H,12,14-18,20,34H2,1-2H3,(H,36,39)(H,37,41)(H,38,40)/t21?,27?,28-,30?/m1/s1. The summed E-state index contributed by atoms with van der Waals surface area (Å²) in [7, 11) is 0. The third-order valence-corrected chi connectivity index (χ3v) is 9.81. The molecule has 4 atom stereocenters. The number of rotatable bonds is 10. The predicted molar refractivity (Wildman–Crippen MR) is 168 cm³/mol. The molecule has 0 aliphatic carbocycles. The molecule has 222 valence electrons. The van der Waals surface area contributed by atoms with Crippen LogP contribution in [0.5, 0.6) is 0 Å². The maximum Gasteiger partial charge on any atom is 0.244 e. The summed E-state index contributed by atoms with van der Waals surface area (Å²) < 4.78 is 0. The van der Waals surface area contributed by atoms with Gasteiger partial charge >= 0.3 is 0 Å². The third-order valence-electron chi connectivity index (χ3n) is 8.49. The number of piperidine rings is 1. The van der Waals surface area contributed by atoms with E-state index in [2.05, 4.69) is 70.7 Å². The Morgan fingerprint density at radius 2 is 1.69 bits per heavy atom. The van der Waals surface area contributed by atoms with E-state index in [0.29, 0.717) is 45.2 Å². The van der Waals surface area contributed by atoms with Crippen LogP contribution in [0.2, 0.25) is 0 Å². The maximum atomic E-state index is 13.9. The fourth-order valence-corrected chi connectivity index (χ4v) is 7.37. The van der Waals surface area contributed by atoms with Gasteiger partial charge in [0.2, 0.25) is 17.7 Å². The van der Waals surface area contributed by atoms with Crippen LogP contribution in [0.3, 0.4) is 0 Å². The number of aryl methyl sites for hydroxylation is 1. The van der Waals surface area contributed by atoms with Gasteiger partial charge in [0.1, 0.15) is 12.2 Å². The number of fused-ring (bicyclic) bond motifs is 2. The third kappa shape index (κ3) is 7.14. The van der Waals surface area contributed by atoms with E-state index in [1.54, 1.807) is 11.8 Å². The second kappa shape index (κ2) is 13.3. The van der Waals surface area contributed by atoms with Crippen LogP contribution in [-0.4, -0.2) is 53.8 Å². The van der Waals surface area contributed by atoms with E-state index in [-0.39, 0.29) is 28.9 Å². The fourth-order valence-electron chi connectivity index (χ4n) is 6.04. The second-order valence-corrected chi connectivity index (χ2v) is 13.0. The zero-order valence-electron chi connectivity index (χ0n) is 24.3.